The fourth-order valence-electron chi connectivity index (χ4n) is 2.03. The third-order valence-electron chi connectivity index (χ3n) is 2.95. The van der Waals surface area contributed by atoms with E-state index in [0.29, 0.717) is 6.54 Å². The SMILES string of the molecule is Cc1ccc(CC2(O)CCNC2)c(Br)c1. The predicted octanol–water partition coefficient (Wildman–Crippen LogP) is 2.02. The lowest BCUT2D eigenvalue weighted by atomic mass is 9.93. The molecular formula is C12H16BrNO. The molecule has 15 heavy (non-hydrogen) atoms. The maximum absolute atomic E-state index is 10.3. The normalized spacial score (nSPS) is 25.8. The van der Waals surface area contributed by atoms with Crippen molar-refractivity contribution in [2.75, 3.05) is 13.1 Å². The van der Waals surface area contributed by atoms with Gasteiger partial charge in [0.2, 0.25) is 0 Å². The molecule has 1 aromatic carbocycles. The summed E-state index contributed by atoms with van der Waals surface area (Å²) in [5.74, 6) is 0. The van der Waals surface area contributed by atoms with Crippen molar-refractivity contribution in [3.63, 3.8) is 0 Å². The van der Waals surface area contributed by atoms with Gasteiger partial charge in [-0.25, -0.2) is 0 Å². The summed E-state index contributed by atoms with van der Waals surface area (Å²) >= 11 is 3.55. The Morgan fingerprint density at radius 2 is 2.33 bits per heavy atom. The molecule has 0 bridgehead atoms. The molecule has 0 aromatic heterocycles. The Morgan fingerprint density at radius 1 is 1.53 bits per heavy atom. The number of benzene rings is 1. The van der Waals surface area contributed by atoms with Gasteiger partial charge in [0.1, 0.15) is 0 Å². The highest BCUT2D eigenvalue weighted by molar-refractivity contribution is 9.10. The molecule has 82 valence electrons. The van der Waals surface area contributed by atoms with Crippen LogP contribution in [0.1, 0.15) is 17.5 Å². The zero-order chi connectivity index (χ0) is 10.9. The summed E-state index contributed by atoms with van der Waals surface area (Å²) < 4.78 is 1.10. The number of aliphatic hydroxyl groups is 1. The molecule has 3 heteroatoms. The number of hydrogen-bond acceptors (Lipinski definition) is 2. The van der Waals surface area contributed by atoms with Crippen LogP contribution in [0.4, 0.5) is 0 Å². The van der Waals surface area contributed by atoms with Crippen LogP contribution in [0.25, 0.3) is 0 Å². The molecule has 1 aliphatic rings. The summed E-state index contributed by atoms with van der Waals surface area (Å²) in [6.45, 7) is 3.69. The van der Waals surface area contributed by atoms with Crippen molar-refractivity contribution in [1.82, 2.24) is 5.32 Å². The highest BCUT2D eigenvalue weighted by Crippen LogP contribution is 2.26. The van der Waals surface area contributed by atoms with Crippen molar-refractivity contribution >= 4 is 15.9 Å². The lowest BCUT2D eigenvalue weighted by Gasteiger charge is -2.22. The molecule has 1 aliphatic heterocycles. The lowest BCUT2D eigenvalue weighted by Crippen LogP contribution is -2.33. The van der Waals surface area contributed by atoms with Crippen molar-refractivity contribution in [3.05, 3.63) is 33.8 Å². The second kappa shape index (κ2) is 4.24. The summed E-state index contributed by atoms with van der Waals surface area (Å²) in [6.07, 6.45) is 1.56. The zero-order valence-corrected chi connectivity index (χ0v) is 10.5. The van der Waals surface area contributed by atoms with Gasteiger partial charge >= 0.3 is 0 Å². The van der Waals surface area contributed by atoms with Crippen molar-refractivity contribution in [1.29, 1.82) is 0 Å². The standard InChI is InChI=1S/C12H16BrNO/c1-9-2-3-10(11(13)6-9)7-12(15)4-5-14-8-12/h2-3,6,14-15H,4-5,7-8H2,1H3. The van der Waals surface area contributed by atoms with Gasteiger partial charge in [-0.3, -0.25) is 0 Å². The fourth-order valence-corrected chi connectivity index (χ4v) is 2.67. The van der Waals surface area contributed by atoms with Crippen LogP contribution >= 0.6 is 15.9 Å². The molecule has 1 fully saturated rings. The minimum atomic E-state index is -0.558. The third kappa shape index (κ3) is 2.60. The van der Waals surface area contributed by atoms with Crippen LogP contribution in [0.5, 0.6) is 0 Å². The minimum Gasteiger partial charge on any atom is -0.388 e. The van der Waals surface area contributed by atoms with Gasteiger partial charge in [0.15, 0.2) is 0 Å². The second-order valence-corrected chi connectivity index (χ2v) is 5.28. The van der Waals surface area contributed by atoms with E-state index in [-0.39, 0.29) is 0 Å². The highest BCUT2D eigenvalue weighted by Gasteiger charge is 2.31. The largest absolute Gasteiger partial charge is 0.388 e. The molecule has 0 aliphatic carbocycles. The summed E-state index contributed by atoms with van der Waals surface area (Å²) in [6, 6.07) is 6.28. The van der Waals surface area contributed by atoms with Gasteiger partial charge < -0.3 is 10.4 Å². The minimum absolute atomic E-state index is 0.558. The monoisotopic (exact) mass is 269 g/mol. The molecular weight excluding hydrogens is 254 g/mol. The summed E-state index contributed by atoms with van der Waals surface area (Å²) in [5.41, 5.74) is 1.87. The Morgan fingerprint density at radius 3 is 2.93 bits per heavy atom. The number of hydrogen-bond donors (Lipinski definition) is 2. The van der Waals surface area contributed by atoms with Crippen LogP contribution in [-0.4, -0.2) is 23.8 Å². The summed E-state index contributed by atoms with van der Waals surface area (Å²) in [4.78, 5) is 0. The van der Waals surface area contributed by atoms with Crippen molar-refractivity contribution < 1.29 is 5.11 Å². The van der Waals surface area contributed by atoms with Crippen LogP contribution in [0.2, 0.25) is 0 Å². The van der Waals surface area contributed by atoms with Gasteiger partial charge in [-0.2, -0.15) is 0 Å². The topological polar surface area (TPSA) is 32.3 Å². The Labute approximate surface area is 98.8 Å². The number of β-amino-alcohol motifs (C(OH)–C–C–N with tert-alkyl or cyclic N) is 1. The summed E-state index contributed by atoms with van der Waals surface area (Å²) in [5, 5.41) is 13.5. The predicted molar refractivity (Wildman–Crippen MR) is 65.0 cm³/mol. The number of nitrogens with one attached hydrogen (secondary N) is 1. The zero-order valence-electron chi connectivity index (χ0n) is 8.89. The molecule has 2 nitrogen and oxygen atoms in total. The van der Waals surface area contributed by atoms with Crippen molar-refractivity contribution in [3.8, 4) is 0 Å². The van der Waals surface area contributed by atoms with Gasteiger partial charge in [0.25, 0.3) is 0 Å². The van der Waals surface area contributed by atoms with Gasteiger partial charge in [-0.05, 0) is 37.1 Å². The van der Waals surface area contributed by atoms with E-state index in [4.69, 9.17) is 0 Å². The van der Waals surface area contributed by atoms with Gasteiger partial charge in [0, 0.05) is 17.4 Å². The Bertz CT molecular complexity index is 359. The smallest absolute Gasteiger partial charge is 0.0824 e. The van der Waals surface area contributed by atoms with E-state index in [1.165, 1.54) is 11.1 Å². The van der Waals surface area contributed by atoms with E-state index in [0.717, 1.165) is 23.9 Å². The van der Waals surface area contributed by atoms with Gasteiger partial charge in [-0.1, -0.05) is 28.1 Å². The molecule has 1 atom stereocenters. The van der Waals surface area contributed by atoms with Crippen LogP contribution in [-0.2, 0) is 6.42 Å². The first-order valence-corrected chi connectivity index (χ1v) is 6.06. The molecule has 0 spiro atoms. The fraction of sp³-hybridized carbons (Fsp3) is 0.500. The van der Waals surface area contributed by atoms with E-state index in [1.807, 2.05) is 0 Å². The van der Waals surface area contributed by atoms with Gasteiger partial charge in [-0.15, -0.1) is 0 Å². The molecule has 1 saturated heterocycles. The van der Waals surface area contributed by atoms with Crippen molar-refractivity contribution in [2.45, 2.75) is 25.4 Å². The Kier molecular flexibility index (Phi) is 3.14. The van der Waals surface area contributed by atoms with E-state index < -0.39 is 5.60 Å². The van der Waals surface area contributed by atoms with Crippen LogP contribution < -0.4 is 5.32 Å². The first-order valence-electron chi connectivity index (χ1n) is 5.27. The molecule has 1 heterocycles. The Balaban J connectivity index is 2.16. The first-order chi connectivity index (χ1) is 7.09. The van der Waals surface area contributed by atoms with E-state index in [9.17, 15) is 5.11 Å². The molecule has 1 aromatic rings. The van der Waals surface area contributed by atoms with Crippen LogP contribution in [0, 0.1) is 6.92 Å². The van der Waals surface area contributed by atoms with Crippen LogP contribution in [0.3, 0.4) is 0 Å². The number of aryl methyl sites for hydroxylation is 1. The third-order valence-corrected chi connectivity index (χ3v) is 3.69. The maximum Gasteiger partial charge on any atom is 0.0824 e. The quantitative estimate of drug-likeness (QED) is 0.861. The maximum atomic E-state index is 10.3. The molecule has 0 amide bonds. The molecule has 1 unspecified atom stereocenters. The number of rotatable bonds is 2. The Hall–Kier alpha value is -0.380. The lowest BCUT2D eigenvalue weighted by molar-refractivity contribution is 0.0617. The van der Waals surface area contributed by atoms with Crippen molar-refractivity contribution in [2.24, 2.45) is 0 Å². The van der Waals surface area contributed by atoms with E-state index in [2.05, 4.69) is 46.4 Å². The highest BCUT2D eigenvalue weighted by atomic mass is 79.9. The molecule has 0 saturated carbocycles. The average molecular weight is 270 g/mol. The van der Waals surface area contributed by atoms with Gasteiger partial charge in [0.05, 0.1) is 5.60 Å². The second-order valence-electron chi connectivity index (χ2n) is 4.42. The molecule has 0 radical (unpaired) electrons. The van der Waals surface area contributed by atoms with E-state index >= 15 is 0 Å². The average Bonchev–Trinajstić information content (AvgIpc) is 2.58. The molecule has 2 rings (SSSR count). The van der Waals surface area contributed by atoms with Crippen LogP contribution in [0.15, 0.2) is 22.7 Å². The number of halogens is 1. The first kappa shape index (κ1) is 11.1. The molecule has 2 N–H and O–H groups in total. The summed E-state index contributed by atoms with van der Waals surface area (Å²) in [7, 11) is 0. The van der Waals surface area contributed by atoms with E-state index in [1.54, 1.807) is 0 Å².